The van der Waals surface area contributed by atoms with Crippen LogP contribution in [-0.2, 0) is 0 Å². The Balaban J connectivity index is 1.05. The highest BCUT2D eigenvalue weighted by atomic mass is 16.3. The van der Waals surface area contributed by atoms with Crippen LogP contribution in [0.15, 0.2) is 205 Å². The van der Waals surface area contributed by atoms with Gasteiger partial charge in [-0.05, 0) is 114 Å². The molecule has 0 atom stereocenters. The summed E-state index contributed by atoms with van der Waals surface area (Å²) in [5.74, 6) is 0. The van der Waals surface area contributed by atoms with E-state index in [0.29, 0.717) is 0 Å². The Bertz CT molecular complexity index is 3210. The molecule has 2 nitrogen and oxygen atoms in total. The number of anilines is 3. The number of benzene rings is 10. The molecule has 1 aromatic heterocycles. The summed E-state index contributed by atoms with van der Waals surface area (Å²) in [4.78, 5) is 2.38. The van der Waals surface area contributed by atoms with E-state index in [1.807, 2.05) is 0 Å². The quantitative estimate of drug-likeness (QED) is 0.168. The first kappa shape index (κ1) is 30.5. The van der Waals surface area contributed by atoms with Crippen LogP contribution in [0.3, 0.4) is 0 Å². The van der Waals surface area contributed by atoms with Crippen LogP contribution in [0.2, 0.25) is 0 Å². The summed E-state index contributed by atoms with van der Waals surface area (Å²) in [6, 6.07) is 72.3. The monoisotopic (exact) mass is 687 g/mol. The minimum atomic E-state index is 0.882. The van der Waals surface area contributed by atoms with Crippen molar-refractivity contribution in [1.29, 1.82) is 0 Å². The van der Waals surface area contributed by atoms with Gasteiger partial charge in [0, 0.05) is 27.7 Å². The highest BCUT2D eigenvalue weighted by Crippen LogP contribution is 2.44. The van der Waals surface area contributed by atoms with E-state index in [0.717, 1.165) is 39.0 Å². The molecular formula is C52H33NO. The Kier molecular flexibility index (Phi) is 6.90. The largest absolute Gasteiger partial charge is 0.456 e. The fourth-order valence-corrected chi connectivity index (χ4v) is 8.37. The first-order valence-corrected chi connectivity index (χ1v) is 18.5. The van der Waals surface area contributed by atoms with E-state index in [1.54, 1.807) is 0 Å². The third-order valence-corrected chi connectivity index (χ3v) is 11.0. The Morgan fingerprint density at radius 1 is 0.315 bits per heavy atom. The molecule has 54 heavy (non-hydrogen) atoms. The normalized spacial score (nSPS) is 11.7. The van der Waals surface area contributed by atoms with Crippen LogP contribution < -0.4 is 4.90 Å². The fraction of sp³-hybridized carbons (Fsp3) is 0. The summed E-state index contributed by atoms with van der Waals surface area (Å²) in [7, 11) is 0. The fourth-order valence-electron chi connectivity index (χ4n) is 8.37. The highest BCUT2D eigenvalue weighted by Gasteiger charge is 2.19. The maximum atomic E-state index is 6.42. The van der Waals surface area contributed by atoms with Gasteiger partial charge in [-0.1, -0.05) is 146 Å². The van der Waals surface area contributed by atoms with E-state index in [-0.39, 0.29) is 0 Å². The highest BCUT2D eigenvalue weighted by molar-refractivity contribution is 6.20. The van der Waals surface area contributed by atoms with Gasteiger partial charge in [0.05, 0.1) is 5.69 Å². The smallest absolute Gasteiger partial charge is 0.136 e. The van der Waals surface area contributed by atoms with Crippen molar-refractivity contribution in [3.05, 3.63) is 200 Å². The van der Waals surface area contributed by atoms with Crippen LogP contribution in [0.25, 0.3) is 87.3 Å². The van der Waals surface area contributed by atoms with Gasteiger partial charge in [-0.2, -0.15) is 0 Å². The molecule has 2 heteroatoms. The average molecular weight is 688 g/mol. The standard InChI is InChI=1S/C52H33NO/c1-2-10-35(11-3-1)44-15-8-9-17-49(44)53(43-27-29-50-48(33-43)47-31-38-13-4-5-14-39(38)32-51(47)54-50)42-25-22-34(23-26-42)40-24-28-46-41(30-40)21-20-37-19-18-36-12-6-7-16-45(36)52(37)46/h1-33H. The average Bonchev–Trinajstić information content (AvgIpc) is 3.59. The lowest BCUT2D eigenvalue weighted by Gasteiger charge is -2.28. The summed E-state index contributed by atoms with van der Waals surface area (Å²) < 4.78 is 6.42. The van der Waals surface area contributed by atoms with Gasteiger partial charge in [0.15, 0.2) is 0 Å². The molecule has 0 aliphatic carbocycles. The van der Waals surface area contributed by atoms with Crippen molar-refractivity contribution in [1.82, 2.24) is 0 Å². The molecule has 0 saturated carbocycles. The second kappa shape index (κ2) is 12.2. The van der Waals surface area contributed by atoms with Gasteiger partial charge >= 0.3 is 0 Å². The van der Waals surface area contributed by atoms with Gasteiger partial charge in [-0.3, -0.25) is 0 Å². The number of hydrogen-bond donors (Lipinski definition) is 0. The van der Waals surface area contributed by atoms with Gasteiger partial charge in [0.25, 0.3) is 0 Å². The number of hydrogen-bond acceptors (Lipinski definition) is 2. The molecule has 0 spiro atoms. The van der Waals surface area contributed by atoms with Crippen molar-refractivity contribution in [2.24, 2.45) is 0 Å². The predicted molar refractivity (Wildman–Crippen MR) is 229 cm³/mol. The van der Waals surface area contributed by atoms with Crippen molar-refractivity contribution < 1.29 is 4.42 Å². The molecule has 0 saturated heterocycles. The summed E-state index contributed by atoms with van der Waals surface area (Å²) in [5, 5.41) is 12.3. The van der Waals surface area contributed by atoms with E-state index in [4.69, 9.17) is 4.42 Å². The van der Waals surface area contributed by atoms with E-state index >= 15 is 0 Å². The molecule has 0 unspecified atom stereocenters. The van der Waals surface area contributed by atoms with Crippen molar-refractivity contribution >= 4 is 82.1 Å². The molecule has 0 radical (unpaired) electrons. The first-order chi connectivity index (χ1) is 26.7. The van der Waals surface area contributed by atoms with E-state index in [1.165, 1.54) is 65.3 Å². The van der Waals surface area contributed by atoms with Crippen LogP contribution in [0.5, 0.6) is 0 Å². The second-order valence-electron chi connectivity index (χ2n) is 14.1. The summed E-state index contributed by atoms with van der Waals surface area (Å²) in [6.45, 7) is 0. The first-order valence-electron chi connectivity index (χ1n) is 18.5. The predicted octanol–water partition coefficient (Wildman–Crippen LogP) is 15.0. The lowest BCUT2D eigenvalue weighted by atomic mass is 9.94. The number of rotatable bonds is 5. The maximum Gasteiger partial charge on any atom is 0.136 e. The van der Waals surface area contributed by atoms with E-state index in [2.05, 4.69) is 205 Å². The number of furan rings is 1. The van der Waals surface area contributed by atoms with Crippen molar-refractivity contribution in [2.45, 2.75) is 0 Å². The molecule has 252 valence electrons. The third-order valence-electron chi connectivity index (χ3n) is 11.0. The van der Waals surface area contributed by atoms with Crippen LogP contribution in [-0.4, -0.2) is 0 Å². The lowest BCUT2D eigenvalue weighted by molar-refractivity contribution is 0.669. The van der Waals surface area contributed by atoms with E-state index < -0.39 is 0 Å². The number of para-hydroxylation sites is 1. The molecule has 1 heterocycles. The van der Waals surface area contributed by atoms with Crippen LogP contribution in [0.1, 0.15) is 0 Å². The summed E-state index contributed by atoms with van der Waals surface area (Å²) in [6.07, 6.45) is 0. The molecule has 0 aliphatic heterocycles. The molecule has 0 amide bonds. The molecule has 0 N–H and O–H groups in total. The Morgan fingerprint density at radius 2 is 0.944 bits per heavy atom. The van der Waals surface area contributed by atoms with Gasteiger partial charge in [0.1, 0.15) is 11.2 Å². The zero-order chi connectivity index (χ0) is 35.6. The number of nitrogens with zero attached hydrogens (tertiary/aromatic N) is 1. The lowest BCUT2D eigenvalue weighted by Crippen LogP contribution is -2.11. The minimum Gasteiger partial charge on any atom is -0.456 e. The Hall–Kier alpha value is -7.16. The summed E-state index contributed by atoms with van der Waals surface area (Å²) in [5.41, 5.74) is 9.76. The molecule has 0 fully saturated rings. The molecule has 10 aromatic carbocycles. The van der Waals surface area contributed by atoms with Crippen molar-refractivity contribution in [3.8, 4) is 22.3 Å². The van der Waals surface area contributed by atoms with Crippen LogP contribution in [0, 0.1) is 0 Å². The number of fused-ring (bicyclic) bond motifs is 9. The minimum absolute atomic E-state index is 0.882. The van der Waals surface area contributed by atoms with E-state index in [9.17, 15) is 0 Å². The molecule has 11 aromatic rings. The molecule has 0 aliphatic rings. The summed E-state index contributed by atoms with van der Waals surface area (Å²) >= 11 is 0. The van der Waals surface area contributed by atoms with Gasteiger partial charge < -0.3 is 9.32 Å². The van der Waals surface area contributed by atoms with Gasteiger partial charge in [0.2, 0.25) is 0 Å². The van der Waals surface area contributed by atoms with Gasteiger partial charge in [-0.15, -0.1) is 0 Å². The zero-order valence-electron chi connectivity index (χ0n) is 29.4. The van der Waals surface area contributed by atoms with Gasteiger partial charge in [-0.25, -0.2) is 0 Å². The maximum absolute atomic E-state index is 6.42. The zero-order valence-corrected chi connectivity index (χ0v) is 29.4. The Labute approximate surface area is 312 Å². The SMILES string of the molecule is c1ccc(-c2ccccc2N(c2ccc(-c3ccc4c(ccc5ccc6ccccc6c54)c3)cc2)c2ccc3oc4cc5ccccc5cc4c3c2)cc1. The molecule has 11 rings (SSSR count). The molecular weight excluding hydrogens is 655 g/mol. The topological polar surface area (TPSA) is 16.4 Å². The molecule has 0 bridgehead atoms. The third kappa shape index (κ3) is 4.96. The van der Waals surface area contributed by atoms with Crippen LogP contribution in [0.4, 0.5) is 17.1 Å². The van der Waals surface area contributed by atoms with Crippen molar-refractivity contribution in [3.63, 3.8) is 0 Å². The second-order valence-corrected chi connectivity index (χ2v) is 14.1. The Morgan fingerprint density at radius 3 is 1.80 bits per heavy atom. The van der Waals surface area contributed by atoms with Crippen molar-refractivity contribution in [2.75, 3.05) is 4.90 Å². The van der Waals surface area contributed by atoms with Crippen LogP contribution >= 0.6 is 0 Å².